The van der Waals surface area contributed by atoms with Crippen LogP contribution in [0, 0.1) is 23.7 Å². The van der Waals surface area contributed by atoms with Crippen molar-refractivity contribution in [3.63, 3.8) is 0 Å². The van der Waals surface area contributed by atoms with Gasteiger partial charge >= 0.3 is 18.2 Å². The third kappa shape index (κ3) is 14.4. The number of carbonyl (C=O) groups is 6. The molecule has 0 spiro atoms. The molecule has 0 radical (unpaired) electrons. The number of ketones is 2. The summed E-state index contributed by atoms with van der Waals surface area (Å²) in [5.41, 5.74) is 6.97. The Balaban J connectivity index is 0.000000862. The normalized spacial score (nSPS) is 14.5. The van der Waals surface area contributed by atoms with Gasteiger partial charge in [0.25, 0.3) is 0 Å². The van der Waals surface area contributed by atoms with Crippen molar-refractivity contribution in [3.8, 4) is 0 Å². The molecule has 0 bridgehead atoms. The smallest absolute Gasteiger partial charge is 0.410 e. The average molecular weight is 691 g/mol. The number of aliphatic hydroxyl groups excluding tert-OH is 1. The number of esters is 1. The van der Waals surface area contributed by atoms with Crippen molar-refractivity contribution in [1.82, 2.24) is 16.0 Å². The minimum Gasteiger partial charge on any atom is -0.469 e. The van der Waals surface area contributed by atoms with E-state index in [9.17, 15) is 28.8 Å². The fourth-order valence-corrected chi connectivity index (χ4v) is 4.61. The summed E-state index contributed by atoms with van der Waals surface area (Å²) in [6.07, 6.45) is -0.563. The molecule has 15 heteroatoms. The molecule has 49 heavy (non-hydrogen) atoms. The lowest BCUT2D eigenvalue weighted by Crippen LogP contribution is -2.53. The van der Waals surface area contributed by atoms with Gasteiger partial charge in [0.05, 0.1) is 24.9 Å². The van der Waals surface area contributed by atoms with E-state index in [0.717, 1.165) is 18.2 Å². The van der Waals surface area contributed by atoms with Gasteiger partial charge in [-0.25, -0.2) is 9.59 Å². The first-order valence-electron chi connectivity index (χ1n) is 15.3. The number of hydrogen-bond donors (Lipinski definition) is 3. The number of amides is 3. The van der Waals surface area contributed by atoms with E-state index in [1.165, 1.54) is 16.9 Å². The molecule has 2 aliphatic rings. The second kappa shape index (κ2) is 22.7. The molecule has 8 N–H and O–H groups in total. The highest BCUT2D eigenvalue weighted by Gasteiger charge is 2.38. The summed E-state index contributed by atoms with van der Waals surface area (Å²) in [5, 5.41) is 7.00. The maximum atomic E-state index is 12.0. The Kier molecular flexibility index (Phi) is 20.4. The number of methoxy groups -OCH3 is 1. The molecule has 2 saturated heterocycles. The first-order valence-corrected chi connectivity index (χ1v) is 15.3. The summed E-state index contributed by atoms with van der Waals surface area (Å²) in [6, 6.07) is 18.8. The van der Waals surface area contributed by atoms with E-state index in [-0.39, 0.29) is 61.1 Å². The Bertz CT molecular complexity index is 1330. The van der Waals surface area contributed by atoms with Gasteiger partial charge in [-0.3, -0.25) is 19.2 Å². The molecule has 2 aliphatic heterocycles. The van der Waals surface area contributed by atoms with Crippen LogP contribution in [-0.2, 0) is 46.6 Å². The number of nitrogens with zero attached hydrogens (tertiary/aromatic N) is 2. The van der Waals surface area contributed by atoms with E-state index in [4.69, 9.17) is 20.3 Å². The van der Waals surface area contributed by atoms with Crippen LogP contribution >= 0.6 is 0 Å². The fraction of sp³-hybridized carbons (Fsp3) is 0.471. The number of aliphatic hydroxyl groups is 1. The molecule has 2 aromatic rings. The number of carbonyl (C=O) groups excluding carboxylic acids is 6. The van der Waals surface area contributed by atoms with Gasteiger partial charge < -0.3 is 46.5 Å². The molecule has 15 nitrogen and oxygen atoms in total. The van der Waals surface area contributed by atoms with Crippen molar-refractivity contribution in [3.05, 3.63) is 71.8 Å². The van der Waals surface area contributed by atoms with Gasteiger partial charge in [0.15, 0.2) is 0 Å². The predicted octanol–water partition coefficient (Wildman–Crippen LogP) is 2.30. The second-order valence-electron chi connectivity index (χ2n) is 11.4. The summed E-state index contributed by atoms with van der Waals surface area (Å²) in [6.45, 7) is 5.11. The quantitative estimate of drug-likeness (QED) is 0.215. The van der Waals surface area contributed by atoms with E-state index >= 15 is 0 Å². The molecule has 4 rings (SSSR count). The Morgan fingerprint density at radius 1 is 0.714 bits per heavy atom. The lowest BCUT2D eigenvalue weighted by Gasteiger charge is -2.37. The highest BCUT2D eigenvalue weighted by atomic mass is 16.6. The van der Waals surface area contributed by atoms with Crippen LogP contribution < -0.4 is 11.9 Å². The van der Waals surface area contributed by atoms with Gasteiger partial charge in [-0.1, -0.05) is 74.5 Å². The number of rotatable bonds is 12. The van der Waals surface area contributed by atoms with Gasteiger partial charge in [-0.2, -0.15) is 0 Å². The Labute approximate surface area is 286 Å². The average Bonchev–Trinajstić information content (AvgIpc) is 3.03. The van der Waals surface area contributed by atoms with Crippen molar-refractivity contribution in [1.29, 1.82) is 0 Å². The number of nitrogens with two attached hydrogens (primary N) is 1. The maximum absolute atomic E-state index is 12.0. The first-order chi connectivity index (χ1) is 22.5. The largest absolute Gasteiger partial charge is 0.469 e. The molecule has 2 unspecified atom stereocenters. The van der Waals surface area contributed by atoms with Gasteiger partial charge in [-0.05, 0) is 11.1 Å². The SMILES string of the molecule is CC(CC(=O)C1CN(C(=O)OCc2ccccc2)C1)C(N)=O.CO.COC(=O)C(C)CC(=O)C1CN(C(=O)OCc2ccccc2)C1.N.O. The molecule has 0 saturated carbocycles. The standard InChI is InChI=1S/C17H21NO5.C16H20N2O4.CH4O.H3N.H2O/c1-12(16(20)22-2)8-15(19)14-9-18(10-14)17(21)23-11-13-6-4-3-5-7-13;1-11(15(17)20)7-14(19)13-8-18(9-13)16(21)22-10-12-5-3-2-4-6-12;1-2;;/h3-7,12,14H,8-11H2,1-2H3;2-6,11,13H,7-10H2,1H3,(H2,17,20);2H,1H3;1H3;1H2. The zero-order valence-corrected chi connectivity index (χ0v) is 28.5. The van der Waals surface area contributed by atoms with Crippen LogP contribution in [-0.4, -0.2) is 96.4 Å². The summed E-state index contributed by atoms with van der Waals surface area (Å²) in [4.78, 5) is 72.8. The number of benzene rings is 2. The van der Waals surface area contributed by atoms with Crippen LogP contribution in [0.1, 0.15) is 37.8 Å². The number of Topliss-reactive ketones (excluding diaryl/α,β-unsaturated/α-hetero) is 2. The zero-order chi connectivity index (χ0) is 34.9. The van der Waals surface area contributed by atoms with Gasteiger partial charge in [0.2, 0.25) is 5.91 Å². The predicted molar refractivity (Wildman–Crippen MR) is 179 cm³/mol. The van der Waals surface area contributed by atoms with Crippen LogP contribution in [0.2, 0.25) is 0 Å². The monoisotopic (exact) mass is 690 g/mol. The number of ether oxygens (including phenoxy) is 3. The molecule has 2 aromatic carbocycles. The van der Waals surface area contributed by atoms with E-state index in [0.29, 0.717) is 26.2 Å². The van der Waals surface area contributed by atoms with Gasteiger partial charge in [-0.15, -0.1) is 0 Å². The highest BCUT2D eigenvalue weighted by Crippen LogP contribution is 2.22. The summed E-state index contributed by atoms with van der Waals surface area (Å²) in [7, 11) is 2.30. The summed E-state index contributed by atoms with van der Waals surface area (Å²) < 4.78 is 15.0. The first kappa shape index (κ1) is 44.1. The lowest BCUT2D eigenvalue weighted by atomic mass is 9.89. The van der Waals surface area contributed by atoms with Crippen molar-refractivity contribution >= 4 is 35.6 Å². The highest BCUT2D eigenvalue weighted by molar-refractivity contribution is 5.89. The number of primary amides is 1. The van der Waals surface area contributed by atoms with Crippen molar-refractivity contribution in [2.45, 2.75) is 39.9 Å². The third-order valence-corrected chi connectivity index (χ3v) is 7.70. The zero-order valence-electron chi connectivity index (χ0n) is 28.5. The second-order valence-corrected chi connectivity index (χ2v) is 11.4. The van der Waals surface area contributed by atoms with E-state index in [1.807, 2.05) is 60.7 Å². The molecule has 2 heterocycles. The Morgan fingerprint density at radius 3 is 1.39 bits per heavy atom. The fourth-order valence-electron chi connectivity index (χ4n) is 4.61. The topological polar surface area (TPSA) is 249 Å². The van der Waals surface area contributed by atoms with E-state index < -0.39 is 35.9 Å². The summed E-state index contributed by atoms with van der Waals surface area (Å²) >= 11 is 0. The minimum absolute atomic E-state index is 0. The molecule has 3 amide bonds. The van der Waals surface area contributed by atoms with Crippen molar-refractivity contribution < 1.29 is 53.6 Å². The van der Waals surface area contributed by atoms with Gasteiger partial charge in [0, 0.05) is 52.0 Å². The van der Waals surface area contributed by atoms with Crippen molar-refractivity contribution in [2.24, 2.45) is 29.4 Å². The van der Waals surface area contributed by atoms with Crippen LogP contribution in [0.3, 0.4) is 0 Å². The van der Waals surface area contributed by atoms with Gasteiger partial charge in [0.1, 0.15) is 24.8 Å². The number of hydrogen-bond acceptors (Lipinski definition) is 11. The Hall–Kier alpha value is -4.86. The summed E-state index contributed by atoms with van der Waals surface area (Å²) in [5.74, 6) is -2.27. The van der Waals surface area contributed by atoms with Crippen molar-refractivity contribution in [2.75, 3.05) is 40.4 Å². The van der Waals surface area contributed by atoms with Crippen LogP contribution in [0.25, 0.3) is 0 Å². The molecule has 272 valence electrons. The third-order valence-electron chi connectivity index (χ3n) is 7.70. The maximum Gasteiger partial charge on any atom is 0.410 e. The molecule has 0 aromatic heterocycles. The molecule has 2 fully saturated rings. The number of likely N-dealkylation sites (tertiary alicyclic amines) is 2. The van der Waals surface area contributed by atoms with Crippen LogP contribution in [0.4, 0.5) is 9.59 Å². The Morgan fingerprint density at radius 2 is 1.06 bits per heavy atom. The van der Waals surface area contributed by atoms with E-state index in [1.54, 1.807) is 13.8 Å². The molecule has 2 atom stereocenters. The molecular weight excluding hydrogens is 640 g/mol. The van der Waals surface area contributed by atoms with Crippen LogP contribution in [0.15, 0.2) is 60.7 Å². The molecular formula is C34H50N4O11. The lowest BCUT2D eigenvalue weighted by molar-refractivity contribution is -0.147. The van der Waals surface area contributed by atoms with Crippen LogP contribution in [0.5, 0.6) is 0 Å². The minimum atomic E-state index is -0.480. The van der Waals surface area contributed by atoms with E-state index in [2.05, 4.69) is 4.74 Å². The molecule has 0 aliphatic carbocycles.